The van der Waals surface area contributed by atoms with Crippen LogP contribution in [0.25, 0.3) is 0 Å². The Labute approximate surface area is 84.3 Å². The van der Waals surface area contributed by atoms with Crippen molar-refractivity contribution in [2.45, 2.75) is 25.8 Å². The topological polar surface area (TPSA) is 80.5 Å². The molecule has 14 heavy (non-hydrogen) atoms. The smallest absolute Gasteiger partial charge is 0.214 e. The molecule has 1 heterocycles. The molecular weight excluding hydrogens is 204 g/mol. The van der Waals surface area contributed by atoms with E-state index < -0.39 is 16.1 Å². The first-order chi connectivity index (χ1) is 6.47. The van der Waals surface area contributed by atoms with Gasteiger partial charge in [0.1, 0.15) is 0 Å². The number of sulfonamides is 1. The van der Waals surface area contributed by atoms with Crippen LogP contribution in [0.2, 0.25) is 0 Å². The van der Waals surface area contributed by atoms with Gasteiger partial charge in [-0.25, -0.2) is 8.42 Å². The number of carbonyl (C=O) groups is 1. The summed E-state index contributed by atoms with van der Waals surface area (Å²) in [6.07, 6.45) is 1.24. The monoisotopic (exact) mass is 220 g/mol. The van der Waals surface area contributed by atoms with Gasteiger partial charge in [0.25, 0.3) is 0 Å². The van der Waals surface area contributed by atoms with Crippen molar-refractivity contribution in [1.29, 1.82) is 0 Å². The second kappa shape index (κ2) is 4.37. The fourth-order valence-corrected chi connectivity index (χ4v) is 2.54. The van der Waals surface area contributed by atoms with Gasteiger partial charge < -0.3 is 5.73 Å². The average molecular weight is 220 g/mol. The van der Waals surface area contributed by atoms with Crippen LogP contribution in [-0.4, -0.2) is 43.4 Å². The number of hydrogen-bond acceptors (Lipinski definition) is 4. The number of carbonyl (C=O) groups excluding carboxylic acids is 1. The summed E-state index contributed by atoms with van der Waals surface area (Å²) >= 11 is 0. The van der Waals surface area contributed by atoms with Gasteiger partial charge in [-0.15, -0.1) is 0 Å². The molecule has 1 saturated heterocycles. The average Bonchev–Trinajstić information content (AvgIpc) is 2.30. The quantitative estimate of drug-likeness (QED) is 0.669. The van der Waals surface area contributed by atoms with Crippen LogP contribution in [0.15, 0.2) is 0 Å². The number of nitrogens with two attached hydrogens (primary N) is 1. The standard InChI is InChI=1S/C8H16N2O3S/c1-2-14(12,13)10-5-3-4-7(9)8(11)6-10/h7H,2-6,9H2,1H3. The molecule has 5 nitrogen and oxygen atoms in total. The van der Waals surface area contributed by atoms with Crippen molar-refractivity contribution in [2.24, 2.45) is 5.73 Å². The Morgan fingerprint density at radius 1 is 1.57 bits per heavy atom. The van der Waals surface area contributed by atoms with Crippen molar-refractivity contribution in [1.82, 2.24) is 4.31 Å². The molecule has 1 unspecified atom stereocenters. The van der Waals surface area contributed by atoms with Crippen molar-refractivity contribution in [3.8, 4) is 0 Å². The lowest BCUT2D eigenvalue weighted by atomic mass is 10.1. The minimum atomic E-state index is -3.24. The highest BCUT2D eigenvalue weighted by molar-refractivity contribution is 7.89. The molecule has 1 rings (SSSR count). The molecule has 0 aromatic rings. The van der Waals surface area contributed by atoms with Crippen LogP contribution in [0.1, 0.15) is 19.8 Å². The second-order valence-electron chi connectivity index (χ2n) is 3.45. The fraction of sp³-hybridized carbons (Fsp3) is 0.875. The summed E-state index contributed by atoms with van der Waals surface area (Å²) in [5.41, 5.74) is 5.55. The molecule has 0 aromatic carbocycles. The van der Waals surface area contributed by atoms with E-state index in [1.807, 2.05) is 0 Å². The summed E-state index contributed by atoms with van der Waals surface area (Å²) in [7, 11) is -3.24. The van der Waals surface area contributed by atoms with E-state index in [1.54, 1.807) is 6.92 Å². The Balaban J connectivity index is 2.78. The van der Waals surface area contributed by atoms with Gasteiger partial charge in [0, 0.05) is 6.54 Å². The molecule has 6 heteroatoms. The normalized spacial score (nSPS) is 26.1. The summed E-state index contributed by atoms with van der Waals surface area (Å²) < 4.78 is 24.2. The lowest BCUT2D eigenvalue weighted by molar-refractivity contribution is -0.120. The van der Waals surface area contributed by atoms with Crippen molar-refractivity contribution in [3.05, 3.63) is 0 Å². The molecule has 82 valence electrons. The van der Waals surface area contributed by atoms with Crippen molar-refractivity contribution in [3.63, 3.8) is 0 Å². The van der Waals surface area contributed by atoms with Gasteiger partial charge >= 0.3 is 0 Å². The molecule has 0 saturated carbocycles. The Morgan fingerprint density at radius 3 is 2.79 bits per heavy atom. The summed E-state index contributed by atoms with van der Waals surface area (Å²) in [4.78, 5) is 11.4. The predicted molar refractivity (Wildman–Crippen MR) is 53.3 cm³/mol. The molecular formula is C8H16N2O3S. The van der Waals surface area contributed by atoms with Gasteiger partial charge in [-0.1, -0.05) is 0 Å². The highest BCUT2D eigenvalue weighted by atomic mass is 32.2. The van der Waals surface area contributed by atoms with Crippen molar-refractivity contribution in [2.75, 3.05) is 18.8 Å². The summed E-state index contributed by atoms with van der Waals surface area (Å²) in [6.45, 7) is 1.93. The zero-order valence-corrected chi connectivity index (χ0v) is 9.09. The van der Waals surface area contributed by atoms with Gasteiger partial charge in [-0.3, -0.25) is 4.79 Å². The third-order valence-electron chi connectivity index (χ3n) is 2.43. The maximum atomic E-state index is 11.5. The van der Waals surface area contributed by atoms with Gasteiger partial charge in [-0.2, -0.15) is 4.31 Å². The number of nitrogens with zero attached hydrogens (tertiary/aromatic N) is 1. The number of ketones is 1. The number of hydrogen-bond donors (Lipinski definition) is 1. The maximum absolute atomic E-state index is 11.5. The van der Waals surface area contributed by atoms with Crippen molar-refractivity contribution < 1.29 is 13.2 Å². The molecule has 0 spiro atoms. The molecule has 1 aliphatic rings. The largest absolute Gasteiger partial charge is 0.321 e. The fourth-order valence-electron chi connectivity index (χ4n) is 1.44. The second-order valence-corrected chi connectivity index (χ2v) is 5.71. The summed E-state index contributed by atoms with van der Waals surface area (Å²) in [5.74, 6) is -0.144. The van der Waals surface area contributed by atoms with E-state index in [9.17, 15) is 13.2 Å². The van der Waals surface area contributed by atoms with Crippen LogP contribution >= 0.6 is 0 Å². The first-order valence-corrected chi connectivity index (χ1v) is 6.34. The Kier molecular flexibility index (Phi) is 3.63. The molecule has 2 N–H and O–H groups in total. The molecule has 1 fully saturated rings. The maximum Gasteiger partial charge on any atom is 0.214 e. The molecule has 0 bridgehead atoms. The van der Waals surface area contributed by atoms with Gasteiger partial charge in [-0.05, 0) is 19.8 Å². The van der Waals surface area contributed by atoms with Crippen LogP contribution < -0.4 is 5.73 Å². The first kappa shape index (κ1) is 11.6. The zero-order valence-electron chi connectivity index (χ0n) is 8.27. The predicted octanol–water partition coefficient (Wildman–Crippen LogP) is -0.672. The Hall–Kier alpha value is -0.460. The number of Topliss-reactive ketones (excluding diaryl/α,β-unsaturated/α-hetero) is 1. The molecule has 1 aliphatic heterocycles. The molecule has 0 amide bonds. The minimum Gasteiger partial charge on any atom is -0.321 e. The van der Waals surface area contributed by atoms with Gasteiger partial charge in [0.2, 0.25) is 10.0 Å². The van der Waals surface area contributed by atoms with E-state index in [0.717, 1.165) is 0 Å². The van der Waals surface area contributed by atoms with Crippen LogP contribution in [0, 0.1) is 0 Å². The van der Waals surface area contributed by atoms with Gasteiger partial charge in [0.15, 0.2) is 5.78 Å². The van der Waals surface area contributed by atoms with E-state index in [2.05, 4.69) is 0 Å². The summed E-state index contributed by atoms with van der Waals surface area (Å²) in [5, 5.41) is 0. The van der Waals surface area contributed by atoms with Gasteiger partial charge in [0.05, 0.1) is 18.3 Å². The Bertz CT molecular complexity index is 313. The van der Waals surface area contributed by atoms with Crippen LogP contribution in [0.4, 0.5) is 0 Å². The highest BCUT2D eigenvalue weighted by Crippen LogP contribution is 2.10. The van der Waals surface area contributed by atoms with Crippen LogP contribution in [0.5, 0.6) is 0 Å². The van der Waals surface area contributed by atoms with E-state index in [0.29, 0.717) is 19.4 Å². The molecule has 0 radical (unpaired) electrons. The highest BCUT2D eigenvalue weighted by Gasteiger charge is 2.28. The lowest BCUT2D eigenvalue weighted by Gasteiger charge is -2.17. The lowest BCUT2D eigenvalue weighted by Crippen LogP contribution is -2.39. The van der Waals surface area contributed by atoms with E-state index in [4.69, 9.17) is 5.73 Å². The Morgan fingerprint density at radius 2 is 2.21 bits per heavy atom. The first-order valence-electron chi connectivity index (χ1n) is 4.73. The van der Waals surface area contributed by atoms with Crippen LogP contribution in [-0.2, 0) is 14.8 Å². The molecule has 1 atom stereocenters. The molecule has 0 aromatic heterocycles. The van der Waals surface area contributed by atoms with E-state index in [-0.39, 0.29) is 18.1 Å². The number of rotatable bonds is 2. The van der Waals surface area contributed by atoms with Crippen LogP contribution in [0.3, 0.4) is 0 Å². The SMILES string of the molecule is CCS(=O)(=O)N1CCCC(N)C(=O)C1. The minimum absolute atomic E-state index is 0.0372. The third kappa shape index (κ3) is 2.52. The van der Waals surface area contributed by atoms with Crippen molar-refractivity contribution >= 4 is 15.8 Å². The summed E-state index contributed by atoms with van der Waals surface area (Å²) in [6, 6.07) is -0.493. The third-order valence-corrected chi connectivity index (χ3v) is 4.25. The van der Waals surface area contributed by atoms with E-state index in [1.165, 1.54) is 4.31 Å². The van der Waals surface area contributed by atoms with E-state index >= 15 is 0 Å². The zero-order chi connectivity index (χ0) is 10.8. The molecule has 0 aliphatic carbocycles.